The Morgan fingerprint density at radius 2 is 1.76 bits per heavy atom. The minimum atomic E-state index is -0.778. The van der Waals surface area contributed by atoms with Gasteiger partial charge in [0.15, 0.2) is 0 Å². The van der Waals surface area contributed by atoms with Crippen LogP contribution in [0.4, 0.5) is 4.39 Å². The third-order valence-electron chi connectivity index (χ3n) is 4.61. The third kappa shape index (κ3) is 2.52. The summed E-state index contributed by atoms with van der Waals surface area (Å²) in [5.41, 5.74) is 2.19. The lowest BCUT2D eigenvalue weighted by Gasteiger charge is -2.21. The molecule has 2 heterocycles. The van der Waals surface area contributed by atoms with Crippen molar-refractivity contribution in [3.63, 3.8) is 0 Å². The summed E-state index contributed by atoms with van der Waals surface area (Å²) >= 11 is 0. The summed E-state index contributed by atoms with van der Waals surface area (Å²) in [6.07, 6.45) is 0. The van der Waals surface area contributed by atoms with Crippen LogP contribution in [-0.2, 0) is 16.6 Å². The van der Waals surface area contributed by atoms with E-state index in [0.717, 1.165) is 0 Å². The second-order valence-electron chi connectivity index (χ2n) is 6.13. The van der Waals surface area contributed by atoms with Crippen LogP contribution in [0.5, 0.6) is 0 Å². The van der Waals surface area contributed by atoms with Crippen LogP contribution in [0.15, 0.2) is 29.8 Å². The number of aliphatic hydroxyl groups is 1. The third-order valence-corrected chi connectivity index (χ3v) is 4.61. The lowest BCUT2D eigenvalue weighted by atomic mass is 9.95. The maximum atomic E-state index is 13.2. The number of aromatic nitrogens is 2. The number of likely N-dealkylation sites (N-methyl/N-ethyl adjacent to an activating group) is 1. The minimum Gasteiger partial charge on any atom is -0.507 e. The van der Waals surface area contributed by atoms with E-state index in [0.29, 0.717) is 22.5 Å². The minimum absolute atomic E-state index is 0.0155. The second kappa shape index (κ2) is 5.84. The van der Waals surface area contributed by atoms with Gasteiger partial charge in [-0.15, -0.1) is 0 Å². The first kappa shape index (κ1) is 16.9. The molecule has 6 nitrogen and oxygen atoms in total. The van der Waals surface area contributed by atoms with Gasteiger partial charge in [-0.3, -0.25) is 14.3 Å². The van der Waals surface area contributed by atoms with E-state index in [1.165, 1.54) is 36.2 Å². The van der Waals surface area contributed by atoms with Crippen molar-refractivity contribution in [2.45, 2.75) is 19.9 Å². The normalized spacial score (nSPS) is 19.7. The molecule has 25 heavy (non-hydrogen) atoms. The average molecular weight is 343 g/mol. The van der Waals surface area contributed by atoms with Gasteiger partial charge in [-0.2, -0.15) is 5.10 Å². The number of carbonyl (C=O) groups is 2. The molecule has 1 unspecified atom stereocenters. The van der Waals surface area contributed by atoms with Crippen LogP contribution < -0.4 is 0 Å². The zero-order chi connectivity index (χ0) is 18.5. The Bertz CT molecular complexity index is 912. The molecule has 3 rings (SSSR count). The fourth-order valence-electron chi connectivity index (χ4n) is 3.23. The number of hydrogen-bond acceptors (Lipinski definition) is 4. The molecule has 0 bridgehead atoms. The van der Waals surface area contributed by atoms with Gasteiger partial charge in [-0.05, 0) is 31.5 Å². The topological polar surface area (TPSA) is 75.4 Å². The van der Waals surface area contributed by atoms with Gasteiger partial charge in [-0.1, -0.05) is 12.1 Å². The largest absolute Gasteiger partial charge is 0.507 e. The summed E-state index contributed by atoms with van der Waals surface area (Å²) in [6, 6.07) is 4.73. The number of aryl methyl sites for hydroxylation is 2. The highest BCUT2D eigenvalue weighted by Crippen LogP contribution is 2.39. The predicted octanol–water partition coefficient (Wildman–Crippen LogP) is 2.23. The Hall–Kier alpha value is -2.96. The maximum absolute atomic E-state index is 13.2. The van der Waals surface area contributed by atoms with Gasteiger partial charge in [0, 0.05) is 19.8 Å². The van der Waals surface area contributed by atoms with Gasteiger partial charge in [0.25, 0.3) is 11.7 Å². The van der Waals surface area contributed by atoms with E-state index in [1.807, 2.05) is 0 Å². The lowest BCUT2D eigenvalue weighted by molar-refractivity contribution is -0.139. The highest BCUT2D eigenvalue weighted by molar-refractivity contribution is 6.46. The zero-order valence-electron chi connectivity index (χ0n) is 14.4. The first-order valence-electron chi connectivity index (χ1n) is 7.74. The number of amides is 1. The second-order valence-corrected chi connectivity index (χ2v) is 6.13. The van der Waals surface area contributed by atoms with Crippen molar-refractivity contribution in [1.82, 2.24) is 14.7 Å². The van der Waals surface area contributed by atoms with Crippen molar-refractivity contribution < 1.29 is 19.1 Å². The van der Waals surface area contributed by atoms with Gasteiger partial charge in [0.05, 0.1) is 22.9 Å². The van der Waals surface area contributed by atoms with Crippen molar-refractivity contribution in [2.75, 3.05) is 7.05 Å². The van der Waals surface area contributed by atoms with Crippen molar-refractivity contribution >= 4 is 17.4 Å². The van der Waals surface area contributed by atoms with Crippen LogP contribution in [0.25, 0.3) is 5.76 Å². The van der Waals surface area contributed by atoms with E-state index in [9.17, 15) is 19.1 Å². The van der Waals surface area contributed by atoms with Crippen LogP contribution >= 0.6 is 0 Å². The van der Waals surface area contributed by atoms with Gasteiger partial charge < -0.3 is 10.0 Å². The Labute approximate surface area is 144 Å². The predicted molar refractivity (Wildman–Crippen MR) is 89.1 cm³/mol. The Morgan fingerprint density at radius 3 is 2.28 bits per heavy atom. The van der Waals surface area contributed by atoms with E-state index < -0.39 is 23.5 Å². The summed E-state index contributed by atoms with van der Waals surface area (Å²) in [6.45, 7) is 3.49. The molecule has 2 aromatic rings. The molecule has 1 aromatic heterocycles. The number of benzene rings is 1. The zero-order valence-corrected chi connectivity index (χ0v) is 14.4. The molecule has 1 aliphatic heterocycles. The molecule has 1 saturated heterocycles. The van der Waals surface area contributed by atoms with Crippen molar-refractivity contribution in [3.05, 3.63) is 58.2 Å². The molecular weight excluding hydrogens is 325 g/mol. The molecule has 1 N–H and O–H groups in total. The van der Waals surface area contributed by atoms with Crippen molar-refractivity contribution in [3.8, 4) is 0 Å². The van der Waals surface area contributed by atoms with Crippen LogP contribution in [-0.4, -0.2) is 38.5 Å². The smallest absolute Gasteiger partial charge is 0.295 e. The molecular formula is C18H18FN3O3. The van der Waals surface area contributed by atoms with Gasteiger partial charge in [-0.25, -0.2) is 4.39 Å². The number of ketones is 1. The van der Waals surface area contributed by atoms with E-state index in [2.05, 4.69) is 5.10 Å². The first-order chi connectivity index (χ1) is 11.7. The van der Waals surface area contributed by atoms with Crippen LogP contribution in [0.1, 0.15) is 28.6 Å². The van der Waals surface area contributed by atoms with Crippen LogP contribution in [0.2, 0.25) is 0 Å². The number of likely N-dealkylation sites (tertiary alicyclic amines) is 1. The molecule has 0 aliphatic carbocycles. The Kier molecular flexibility index (Phi) is 3.94. The van der Waals surface area contributed by atoms with E-state index >= 15 is 0 Å². The lowest BCUT2D eigenvalue weighted by Crippen LogP contribution is -2.24. The standard InChI is InChI=1S/C18H18FN3O3/c1-9-13(10(2)22(4)20-9)16(23)14-15(21(3)18(25)17(14)24)11-5-7-12(19)8-6-11/h5-8,15,23H,1-4H3/b16-14+. The van der Waals surface area contributed by atoms with E-state index in [1.54, 1.807) is 25.6 Å². The van der Waals surface area contributed by atoms with Crippen molar-refractivity contribution in [2.24, 2.45) is 7.05 Å². The summed E-state index contributed by atoms with van der Waals surface area (Å²) in [5, 5.41) is 15.1. The highest BCUT2D eigenvalue weighted by atomic mass is 19.1. The highest BCUT2D eigenvalue weighted by Gasteiger charge is 2.44. The molecule has 1 aliphatic rings. The molecule has 130 valence electrons. The van der Waals surface area contributed by atoms with E-state index in [-0.39, 0.29) is 11.3 Å². The SMILES string of the molecule is Cc1nn(C)c(C)c1/C(O)=C1\C(=O)C(=O)N(C)C1c1ccc(F)cc1. The molecule has 1 atom stereocenters. The molecule has 1 amide bonds. The summed E-state index contributed by atoms with van der Waals surface area (Å²) in [7, 11) is 3.21. The van der Waals surface area contributed by atoms with Gasteiger partial charge >= 0.3 is 0 Å². The quantitative estimate of drug-likeness (QED) is 0.515. The van der Waals surface area contributed by atoms with Gasteiger partial charge in [0.2, 0.25) is 0 Å². The van der Waals surface area contributed by atoms with Gasteiger partial charge in [0.1, 0.15) is 11.6 Å². The molecule has 0 saturated carbocycles. The number of aliphatic hydroxyl groups excluding tert-OH is 1. The monoisotopic (exact) mass is 343 g/mol. The Morgan fingerprint density at radius 1 is 1.16 bits per heavy atom. The fraction of sp³-hybridized carbons (Fsp3) is 0.278. The first-order valence-corrected chi connectivity index (χ1v) is 7.74. The molecule has 1 aromatic carbocycles. The summed E-state index contributed by atoms with van der Waals surface area (Å²) in [4.78, 5) is 26.0. The molecule has 7 heteroatoms. The number of halogens is 1. The number of carbonyl (C=O) groups excluding carboxylic acids is 2. The Balaban J connectivity index is 2.24. The van der Waals surface area contributed by atoms with Crippen molar-refractivity contribution in [1.29, 1.82) is 0 Å². The molecule has 0 radical (unpaired) electrons. The van der Waals surface area contributed by atoms with E-state index in [4.69, 9.17) is 0 Å². The summed E-state index contributed by atoms with van der Waals surface area (Å²) < 4.78 is 14.8. The number of hydrogen-bond donors (Lipinski definition) is 1. The number of Topliss-reactive ketones (excluding diaryl/α,β-unsaturated/α-hetero) is 1. The summed E-state index contributed by atoms with van der Waals surface area (Å²) in [5.74, 6) is -2.16. The maximum Gasteiger partial charge on any atom is 0.295 e. The molecule has 1 fully saturated rings. The number of rotatable bonds is 2. The fourth-order valence-corrected chi connectivity index (χ4v) is 3.23. The van der Waals surface area contributed by atoms with Crippen LogP contribution in [0.3, 0.4) is 0 Å². The average Bonchev–Trinajstić information content (AvgIpc) is 2.95. The number of nitrogens with zero attached hydrogens (tertiary/aromatic N) is 3. The van der Waals surface area contributed by atoms with Crippen LogP contribution in [0, 0.1) is 19.7 Å². The molecule has 0 spiro atoms.